The lowest BCUT2D eigenvalue weighted by molar-refractivity contribution is 0.374. The topological polar surface area (TPSA) is 60.8 Å². The zero-order valence-electron chi connectivity index (χ0n) is 10.1. The van der Waals surface area contributed by atoms with E-state index in [2.05, 4.69) is 20.2 Å². The van der Waals surface area contributed by atoms with Gasteiger partial charge in [0.05, 0.1) is 19.0 Å². The summed E-state index contributed by atoms with van der Waals surface area (Å²) < 4.78 is 4.96. The molecule has 2 aromatic heterocycles. The molecule has 0 unspecified atom stereocenters. The Labute approximate surface area is 114 Å². The molecule has 0 aliphatic heterocycles. The summed E-state index contributed by atoms with van der Waals surface area (Å²) >= 11 is 1.52. The molecule has 6 heteroatoms. The monoisotopic (exact) mass is 270 g/mol. The minimum atomic E-state index is 0.244. The second-order valence-corrected chi connectivity index (χ2v) is 4.59. The molecule has 0 bridgehead atoms. The number of nitrogens with zero attached hydrogens (tertiary/aromatic N) is 4. The van der Waals surface area contributed by atoms with Gasteiger partial charge in [-0.1, -0.05) is 35.4 Å². The van der Waals surface area contributed by atoms with Gasteiger partial charge in [0.25, 0.3) is 0 Å². The molecule has 0 aliphatic rings. The summed E-state index contributed by atoms with van der Waals surface area (Å²) in [6, 6.07) is 10.3. The standard InChI is InChI=1S/C13H10N4OS/c1-18-13-16-10(7-14-17-13)12-15-11(8-19-12)9-5-3-2-4-6-9/h2-8H,1H3. The number of hydrogen-bond donors (Lipinski definition) is 0. The summed E-state index contributed by atoms with van der Waals surface area (Å²) in [5.74, 6) is 0. The lowest BCUT2D eigenvalue weighted by Crippen LogP contribution is -1.95. The van der Waals surface area contributed by atoms with Gasteiger partial charge in [0.1, 0.15) is 10.7 Å². The van der Waals surface area contributed by atoms with Crippen molar-refractivity contribution in [1.29, 1.82) is 0 Å². The van der Waals surface area contributed by atoms with Crippen LogP contribution in [0.5, 0.6) is 6.01 Å². The van der Waals surface area contributed by atoms with Crippen LogP contribution in [0, 0.1) is 0 Å². The maximum atomic E-state index is 4.96. The van der Waals surface area contributed by atoms with Crippen molar-refractivity contribution in [3.8, 4) is 28.0 Å². The Morgan fingerprint density at radius 2 is 1.89 bits per heavy atom. The summed E-state index contributed by atoms with van der Waals surface area (Å²) in [4.78, 5) is 8.78. The van der Waals surface area contributed by atoms with Gasteiger partial charge in [-0.3, -0.25) is 0 Å². The van der Waals surface area contributed by atoms with Crippen LogP contribution in [0.4, 0.5) is 0 Å². The Balaban J connectivity index is 1.97. The quantitative estimate of drug-likeness (QED) is 0.732. The summed E-state index contributed by atoms with van der Waals surface area (Å²) in [6.07, 6.45) is 1.58. The molecular weight excluding hydrogens is 260 g/mol. The highest BCUT2D eigenvalue weighted by Crippen LogP contribution is 2.27. The number of methoxy groups -OCH3 is 1. The van der Waals surface area contributed by atoms with Gasteiger partial charge >= 0.3 is 6.01 Å². The van der Waals surface area contributed by atoms with Crippen molar-refractivity contribution in [2.24, 2.45) is 0 Å². The van der Waals surface area contributed by atoms with E-state index in [-0.39, 0.29) is 6.01 Å². The number of aromatic nitrogens is 4. The third-order valence-electron chi connectivity index (χ3n) is 2.51. The smallest absolute Gasteiger partial charge is 0.336 e. The van der Waals surface area contributed by atoms with E-state index in [0.717, 1.165) is 16.3 Å². The molecular formula is C13H10N4OS. The van der Waals surface area contributed by atoms with Crippen LogP contribution in [-0.2, 0) is 0 Å². The Morgan fingerprint density at radius 3 is 2.68 bits per heavy atom. The molecule has 0 saturated heterocycles. The van der Waals surface area contributed by atoms with E-state index in [9.17, 15) is 0 Å². The molecule has 3 aromatic rings. The predicted molar refractivity (Wildman–Crippen MR) is 72.9 cm³/mol. The predicted octanol–water partition coefficient (Wildman–Crippen LogP) is 2.67. The van der Waals surface area contributed by atoms with Gasteiger partial charge in [-0.2, -0.15) is 10.1 Å². The summed E-state index contributed by atoms with van der Waals surface area (Å²) in [6.45, 7) is 0. The zero-order valence-corrected chi connectivity index (χ0v) is 11.0. The largest absolute Gasteiger partial charge is 0.466 e. The first kappa shape index (κ1) is 11.7. The molecule has 1 aromatic carbocycles. The highest BCUT2D eigenvalue weighted by atomic mass is 32.1. The average molecular weight is 270 g/mol. The first-order chi connectivity index (χ1) is 9.36. The second kappa shape index (κ2) is 5.11. The van der Waals surface area contributed by atoms with Crippen LogP contribution in [0.3, 0.4) is 0 Å². The van der Waals surface area contributed by atoms with Crippen molar-refractivity contribution in [2.45, 2.75) is 0 Å². The van der Waals surface area contributed by atoms with E-state index in [1.165, 1.54) is 18.4 Å². The van der Waals surface area contributed by atoms with Crippen LogP contribution < -0.4 is 4.74 Å². The van der Waals surface area contributed by atoms with Gasteiger partial charge in [-0.05, 0) is 0 Å². The van der Waals surface area contributed by atoms with Gasteiger partial charge in [0.15, 0.2) is 0 Å². The lowest BCUT2D eigenvalue weighted by Gasteiger charge is -1.98. The van der Waals surface area contributed by atoms with Crippen molar-refractivity contribution in [1.82, 2.24) is 20.2 Å². The lowest BCUT2D eigenvalue weighted by atomic mass is 10.2. The normalized spacial score (nSPS) is 10.4. The zero-order chi connectivity index (χ0) is 13.1. The van der Waals surface area contributed by atoms with Crippen molar-refractivity contribution in [2.75, 3.05) is 7.11 Å². The number of ether oxygens (including phenoxy) is 1. The molecule has 0 spiro atoms. The maximum Gasteiger partial charge on any atom is 0.336 e. The molecule has 2 heterocycles. The highest BCUT2D eigenvalue weighted by Gasteiger charge is 2.09. The number of thiazole rings is 1. The van der Waals surface area contributed by atoms with Gasteiger partial charge in [-0.15, -0.1) is 11.3 Å². The van der Waals surface area contributed by atoms with E-state index >= 15 is 0 Å². The Hall–Kier alpha value is -2.34. The van der Waals surface area contributed by atoms with Gasteiger partial charge in [0, 0.05) is 10.9 Å². The highest BCUT2D eigenvalue weighted by molar-refractivity contribution is 7.13. The molecule has 0 atom stereocenters. The van der Waals surface area contributed by atoms with E-state index < -0.39 is 0 Å². The Kier molecular flexibility index (Phi) is 3.16. The van der Waals surface area contributed by atoms with E-state index in [0.29, 0.717) is 5.69 Å². The molecule has 0 fully saturated rings. The van der Waals surface area contributed by atoms with Crippen LogP contribution in [0.2, 0.25) is 0 Å². The van der Waals surface area contributed by atoms with Gasteiger partial charge in [0.2, 0.25) is 0 Å². The summed E-state index contributed by atoms with van der Waals surface area (Å²) in [5, 5.41) is 10.4. The van der Waals surface area contributed by atoms with E-state index in [1.807, 2.05) is 35.7 Å². The molecule has 94 valence electrons. The fourth-order valence-electron chi connectivity index (χ4n) is 1.61. The molecule has 0 N–H and O–H groups in total. The molecule has 3 rings (SSSR count). The van der Waals surface area contributed by atoms with E-state index in [4.69, 9.17) is 4.74 Å². The molecule has 5 nitrogen and oxygen atoms in total. The second-order valence-electron chi connectivity index (χ2n) is 3.73. The van der Waals surface area contributed by atoms with Crippen molar-refractivity contribution < 1.29 is 4.74 Å². The summed E-state index contributed by atoms with van der Waals surface area (Å²) in [5.41, 5.74) is 2.68. The minimum absolute atomic E-state index is 0.244. The first-order valence-corrected chi connectivity index (χ1v) is 6.50. The van der Waals surface area contributed by atoms with Crippen LogP contribution in [0.25, 0.3) is 22.0 Å². The number of hydrogen-bond acceptors (Lipinski definition) is 6. The van der Waals surface area contributed by atoms with Crippen LogP contribution in [-0.4, -0.2) is 27.3 Å². The van der Waals surface area contributed by atoms with Crippen molar-refractivity contribution in [3.63, 3.8) is 0 Å². The minimum Gasteiger partial charge on any atom is -0.466 e. The van der Waals surface area contributed by atoms with Crippen molar-refractivity contribution in [3.05, 3.63) is 41.9 Å². The van der Waals surface area contributed by atoms with Crippen LogP contribution in [0.15, 0.2) is 41.9 Å². The van der Waals surface area contributed by atoms with Gasteiger partial charge in [-0.25, -0.2) is 4.98 Å². The third kappa shape index (κ3) is 2.43. The molecule has 0 saturated carbocycles. The molecule has 0 radical (unpaired) electrons. The maximum absolute atomic E-state index is 4.96. The average Bonchev–Trinajstić information content (AvgIpc) is 2.98. The SMILES string of the molecule is COc1nncc(-c2nc(-c3ccccc3)cs2)n1. The fraction of sp³-hybridized carbons (Fsp3) is 0.0769. The van der Waals surface area contributed by atoms with Gasteiger partial charge < -0.3 is 4.74 Å². The first-order valence-electron chi connectivity index (χ1n) is 5.62. The Bertz CT molecular complexity index is 684. The van der Waals surface area contributed by atoms with E-state index in [1.54, 1.807) is 6.20 Å². The fourth-order valence-corrected chi connectivity index (χ4v) is 2.39. The molecule has 19 heavy (non-hydrogen) atoms. The number of rotatable bonds is 3. The summed E-state index contributed by atoms with van der Waals surface area (Å²) in [7, 11) is 1.51. The number of benzene rings is 1. The van der Waals surface area contributed by atoms with Crippen LogP contribution >= 0.6 is 11.3 Å². The third-order valence-corrected chi connectivity index (χ3v) is 3.38. The molecule has 0 amide bonds. The van der Waals surface area contributed by atoms with Crippen molar-refractivity contribution >= 4 is 11.3 Å². The van der Waals surface area contributed by atoms with Crippen LogP contribution in [0.1, 0.15) is 0 Å². The molecule has 0 aliphatic carbocycles. The Morgan fingerprint density at radius 1 is 1.05 bits per heavy atom.